The van der Waals surface area contributed by atoms with Gasteiger partial charge in [0.1, 0.15) is 23.9 Å². The maximum absolute atomic E-state index is 12.6. The van der Waals surface area contributed by atoms with Gasteiger partial charge in [0.2, 0.25) is 11.8 Å². The summed E-state index contributed by atoms with van der Waals surface area (Å²) in [6.45, 7) is 11.5. The van der Waals surface area contributed by atoms with E-state index in [4.69, 9.17) is 21.1 Å². The summed E-state index contributed by atoms with van der Waals surface area (Å²) in [5, 5.41) is 8.33. The van der Waals surface area contributed by atoms with Crippen molar-refractivity contribution in [1.29, 1.82) is 0 Å². The molecule has 0 aliphatic carbocycles. The number of hydrogen-bond acceptors (Lipinski definition) is 7. The van der Waals surface area contributed by atoms with Crippen LogP contribution in [-0.2, 0) is 16.8 Å². The van der Waals surface area contributed by atoms with Gasteiger partial charge in [-0.1, -0.05) is 24.6 Å². The summed E-state index contributed by atoms with van der Waals surface area (Å²) in [7, 11) is 0. The first-order valence-corrected chi connectivity index (χ1v) is 14.0. The molecule has 4 aromatic rings. The summed E-state index contributed by atoms with van der Waals surface area (Å²) in [6.07, 6.45) is 7.27. The highest BCUT2D eigenvalue weighted by molar-refractivity contribution is 6.32. The molecule has 0 radical (unpaired) electrons. The van der Waals surface area contributed by atoms with Gasteiger partial charge in [-0.25, -0.2) is 9.97 Å². The van der Waals surface area contributed by atoms with Crippen LogP contribution in [0.1, 0.15) is 46.1 Å². The fourth-order valence-electron chi connectivity index (χ4n) is 4.69. The number of aromatic nitrogens is 4. The molecule has 1 saturated heterocycles. The van der Waals surface area contributed by atoms with E-state index in [1.165, 1.54) is 6.33 Å². The van der Waals surface area contributed by atoms with Gasteiger partial charge in [-0.15, -0.1) is 0 Å². The molecule has 1 amide bonds. The molecule has 2 aromatic heterocycles. The molecule has 1 aliphatic heterocycles. The smallest absolute Gasteiger partial charge is 0.230 e. The molecule has 0 atom stereocenters. The quantitative estimate of drug-likeness (QED) is 0.278. The van der Waals surface area contributed by atoms with Crippen molar-refractivity contribution in [2.45, 2.75) is 58.6 Å². The second-order valence-corrected chi connectivity index (χ2v) is 11.5. The van der Waals surface area contributed by atoms with Crippen molar-refractivity contribution in [3.8, 4) is 17.4 Å². The van der Waals surface area contributed by atoms with Crippen molar-refractivity contribution in [2.24, 2.45) is 0 Å². The van der Waals surface area contributed by atoms with Gasteiger partial charge in [0.25, 0.3) is 0 Å². The predicted octanol–water partition coefficient (Wildman–Crippen LogP) is 6.07. The summed E-state index contributed by atoms with van der Waals surface area (Å²) in [5.41, 5.74) is 1.99. The highest BCUT2D eigenvalue weighted by Crippen LogP contribution is 2.34. The van der Waals surface area contributed by atoms with Crippen LogP contribution in [0.2, 0.25) is 5.02 Å². The number of rotatable bonds is 8. The lowest BCUT2D eigenvalue weighted by Gasteiger charge is -2.31. The summed E-state index contributed by atoms with van der Waals surface area (Å²) >= 11 is 6.57. The zero-order chi connectivity index (χ0) is 28.3. The molecule has 3 heterocycles. The Bertz CT molecular complexity index is 1490. The number of carbonyl (C=O) groups excluding carboxylic acids is 1. The van der Waals surface area contributed by atoms with Gasteiger partial charge in [-0.2, -0.15) is 5.10 Å². The molecule has 40 heavy (non-hydrogen) atoms. The van der Waals surface area contributed by atoms with Crippen molar-refractivity contribution in [3.05, 3.63) is 65.7 Å². The lowest BCUT2D eigenvalue weighted by atomic mass is 10.1. The first kappa shape index (κ1) is 27.9. The van der Waals surface area contributed by atoms with Crippen molar-refractivity contribution in [2.75, 3.05) is 25.0 Å². The lowest BCUT2D eigenvalue weighted by Crippen LogP contribution is -2.37. The number of fused-ring (bicyclic) bond motifs is 1. The highest BCUT2D eigenvalue weighted by Gasteiger charge is 2.20. The molecule has 1 fully saturated rings. The molecule has 9 nitrogen and oxygen atoms in total. The minimum Gasteiger partial charge on any atom is -0.490 e. The number of benzene rings is 2. The number of halogens is 1. The molecule has 5 rings (SSSR count). The number of likely N-dealkylation sites (tertiary alicyclic amines) is 1. The van der Waals surface area contributed by atoms with Crippen LogP contribution in [-0.4, -0.2) is 56.3 Å². The number of nitrogens with one attached hydrogen (secondary N) is 1. The maximum atomic E-state index is 12.6. The largest absolute Gasteiger partial charge is 0.490 e. The fraction of sp³-hybridized carbons (Fsp3) is 0.400. The number of hydrogen-bond donors (Lipinski definition) is 1. The number of ether oxygens (including phenoxy) is 2. The average Bonchev–Trinajstić information content (AvgIpc) is 3.40. The van der Waals surface area contributed by atoms with Gasteiger partial charge in [-0.05, 0) is 76.1 Å². The van der Waals surface area contributed by atoms with Crippen molar-refractivity contribution >= 4 is 34.1 Å². The molecular formula is C30H35ClN6O3. The van der Waals surface area contributed by atoms with Gasteiger partial charge < -0.3 is 19.7 Å². The van der Waals surface area contributed by atoms with Gasteiger partial charge in [-0.3, -0.25) is 9.48 Å². The molecule has 0 bridgehead atoms. The Morgan fingerprint density at radius 2 is 1.93 bits per heavy atom. The molecule has 1 aliphatic rings. The first-order chi connectivity index (χ1) is 19.2. The van der Waals surface area contributed by atoms with Crippen molar-refractivity contribution in [3.63, 3.8) is 0 Å². The standard InChI is InChI=1S/C30H35ClN6O3/c1-5-36-12-10-22(11-13-36)39-23-7-8-26-24(16-23)29(33-19-32-26)40-27-9-6-20(14-25(27)31)15-28(38)35-21-17-34-37(18-21)30(2,3)4/h6-9,14,16-19,22H,5,10-13,15H2,1-4H3,(H,35,38). The van der Waals surface area contributed by atoms with Crippen LogP contribution in [0.4, 0.5) is 5.69 Å². The summed E-state index contributed by atoms with van der Waals surface area (Å²) in [4.78, 5) is 23.8. The normalized spacial score (nSPS) is 14.8. The minimum atomic E-state index is -0.164. The van der Waals surface area contributed by atoms with E-state index in [-0.39, 0.29) is 24.0 Å². The zero-order valence-electron chi connectivity index (χ0n) is 23.4. The summed E-state index contributed by atoms with van der Waals surface area (Å²) in [6, 6.07) is 11.1. The lowest BCUT2D eigenvalue weighted by molar-refractivity contribution is -0.115. The van der Waals surface area contributed by atoms with Crippen LogP contribution in [0.3, 0.4) is 0 Å². The van der Waals surface area contributed by atoms with Gasteiger partial charge >= 0.3 is 0 Å². The molecule has 10 heteroatoms. The van der Waals surface area contributed by atoms with Crippen molar-refractivity contribution < 1.29 is 14.3 Å². The van der Waals surface area contributed by atoms with E-state index in [0.29, 0.717) is 22.3 Å². The maximum Gasteiger partial charge on any atom is 0.230 e. The molecule has 210 valence electrons. The second-order valence-electron chi connectivity index (χ2n) is 11.0. The average molecular weight is 563 g/mol. The Morgan fingerprint density at radius 1 is 1.12 bits per heavy atom. The molecule has 2 aromatic carbocycles. The van der Waals surface area contributed by atoms with Crippen LogP contribution < -0.4 is 14.8 Å². The Hall–Kier alpha value is -3.69. The van der Waals surface area contributed by atoms with Crippen LogP contribution in [0.5, 0.6) is 17.4 Å². The van der Waals surface area contributed by atoms with Gasteiger partial charge in [0, 0.05) is 19.3 Å². The van der Waals surface area contributed by atoms with Crippen LogP contribution in [0.25, 0.3) is 10.9 Å². The Labute approximate surface area is 239 Å². The first-order valence-electron chi connectivity index (χ1n) is 13.6. The number of carbonyl (C=O) groups is 1. The third kappa shape index (κ3) is 6.71. The van der Waals surface area contributed by atoms with E-state index in [0.717, 1.165) is 54.7 Å². The second kappa shape index (κ2) is 11.8. The number of anilines is 1. The monoisotopic (exact) mass is 562 g/mol. The number of piperidine rings is 1. The molecule has 0 spiro atoms. The number of nitrogens with zero attached hydrogens (tertiary/aromatic N) is 5. The number of amides is 1. The third-order valence-electron chi connectivity index (χ3n) is 6.98. The van der Waals surface area contributed by atoms with Crippen molar-refractivity contribution in [1.82, 2.24) is 24.6 Å². The third-order valence-corrected chi connectivity index (χ3v) is 7.27. The summed E-state index contributed by atoms with van der Waals surface area (Å²) < 4.78 is 14.2. The van der Waals surface area contributed by atoms with E-state index >= 15 is 0 Å². The zero-order valence-corrected chi connectivity index (χ0v) is 24.1. The minimum absolute atomic E-state index is 0.159. The molecule has 0 unspecified atom stereocenters. The highest BCUT2D eigenvalue weighted by atomic mass is 35.5. The Morgan fingerprint density at radius 3 is 2.62 bits per heavy atom. The molecule has 1 N–H and O–H groups in total. The topological polar surface area (TPSA) is 94.4 Å². The Balaban J connectivity index is 1.25. The van der Waals surface area contributed by atoms with E-state index in [1.54, 1.807) is 18.3 Å². The van der Waals surface area contributed by atoms with E-state index < -0.39 is 0 Å². The van der Waals surface area contributed by atoms with E-state index in [2.05, 4.69) is 32.2 Å². The van der Waals surface area contributed by atoms with Gasteiger partial charge in [0.05, 0.1) is 39.8 Å². The van der Waals surface area contributed by atoms with Crippen LogP contribution in [0.15, 0.2) is 55.1 Å². The van der Waals surface area contributed by atoms with Crippen LogP contribution in [0, 0.1) is 0 Å². The summed E-state index contributed by atoms with van der Waals surface area (Å²) in [5.74, 6) is 1.44. The van der Waals surface area contributed by atoms with Crippen LogP contribution >= 0.6 is 11.6 Å². The Kier molecular flexibility index (Phi) is 8.23. The SMILES string of the molecule is CCN1CCC(Oc2ccc3ncnc(Oc4ccc(CC(=O)Nc5cnn(C(C)(C)C)c5)cc4Cl)c3c2)CC1. The van der Waals surface area contributed by atoms with E-state index in [1.807, 2.05) is 55.9 Å². The van der Waals surface area contributed by atoms with Gasteiger partial charge in [0.15, 0.2) is 0 Å². The molecular weight excluding hydrogens is 528 g/mol. The predicted molar refractivity (Wildman–Crippen MR) is 156 cm³/mol. The molecule has 0 saturated carbocycles. The fourth-order valence-corrected chi connectivity index (χ4v) is 4.93. The van der Waals surface area contributed by atoms with E-state index in [9.17, 15) is 4.79 Å².